The Morgan fingerprint density at radius 3 is 0.804 bits per heavy atom. The lowest BCUT2D eigenvalue weighted by molar-refractivity contribution is -0.322. The van der Waals surface area contributed by atoms with Crippen LogP contribution in [0.15, 0.2) is 121 Å². The molecule has 286 valence electrons. The lowest BCUT2D eigenvalue weighted by atomic mass is 10.0. The van der Waals surface area contributed by atoms with E-state index in [1.807, 2.05) is 0 Å². The van der Waals surface area contributed by atoms with Crippen molar-refractivity contribution in [2.24, 2.45) is 0 Å². The Morgan fingerprint density at radius 1 is 0.339 bits per heavy atom. The number of hydrogen-bond acceptors (Lipinski definition) is 16. The fourth-order valence-electron chi connectivity index (χ4n) is 5.48. The van der Waals surface area contributed by atoms with E-state index >= 15 is 0 Å². The highest BCUT2D eigenvalue weighted by Gasteiger charge is 2.56. The van der Waals surface area contributed by atoms with Gasteiger partial charge in [0.25, 0.3) is 0 Å². The zero-order valence-electron chi connectivity index (χ0n) is 28.7. The minimum absolute atomic E-state index is 0.416. The summed E-state index contributed by atoms with van der Waals surface area (Å²) in [6, 6.07) is 25.6. The zero-order valence-corrected chi connectivity index (χ0v) is 28.7. The molecule has 5 aromatic rings. The quantitative estimate of drug-likeness (QED) is 0.0964. The number of ether oxygens (including phenoxy) is 6. The molecule has 1 fully saturated rings. The number of aromatic hydroxyl groups is 5. The molecule has 1 aliphatic rings. The first-order valence-corrected chi connectivity index (χ1v) is 16.5. The predicted octanol–water partition coefficient (Wildman–Crippen LogP) is 4.59. The molecule has 16 nitrogen and oxygen atoms in total. The Labute approximate surface area is 316 Å². The monoisotopic (exact) mass is 766 g/mol. The van der Waals surface area contributed by atoms with Gasteiger partial charge in [0.15, 0.2) is 6.10 Å². The second-order valence-corrected chi connectivity index (χ2v) is 11.9. The van der Waals surface area contributed by atoms with Crippen molar-refractivity contribution < 1.29 is 77.9 Å². The SMILES string of the molecule is O=C(OC1OC(OC(=O)c2ccccc2O)C(OC(=O)c2ccccc2O)C(OC(=O)c2ccccc2O)C1OC(=O)c1ccccc1O)c1ccccc1O. The molecule has 0 bridgehead atoms. The first-order chi connectivity index (χ1) is 26.9. The molecular weight excluding hydrogens is 736 g/mol. The smallest absolute Gasteiger partial charge is 0.344 e. The van der Waals surface area contributed by atoms with Gasteiger partial charge in [-0.3, -0.25) is 4.74 Å². The Morgan fingerprint density at radius 2 is 0.554 bits per heavy atom. The molecule has 16 heteroatoms. The van der Waals surface area contributed by atoms with E-state index in [2.05, 4.69) is 0 Å². The van der Waals surface area contributed by atoms with Crippen molar-refractivity contribution in [3.8, 4) is 28.7 Å². The number of hydrogen-bond donors (Lipinski definition) is 5. The van der Waals surface area contributed by atoms with Gasteiger partial charge in [-0.2, -0.15) is 0 Å². The molecule has 4 atom stereocenters. The first kappa shape index (κ1) is 38.1. The van der Waals surface area contributed by atoms with Crippen molar-refractivity contribution in [2.75, 3.05) is 0 Å². The minimum atomic E-state index is -2.23. The Kier molecular flexibility index (Phi) is 11.3. The van der Waals surface area contributed by atoms with Crippen molar-refractivity contribution in [3.05, 3.63) is 149 Å². The van der Waals surface area contributed by atoms with Crippen molar-refractivity contribution in [1.29, 1.82) is 0 Å². The lowest BCUT2D eigenvalue weighted by Gasteiger charge is -2.43. The largest absolute Gasteiger partial charge is 0.507 e. The first-order valence-electron chi connectivity index (χ1n) is 16.5. The van der Waals surface area contributed by atoms with Crippen LogP contribution in [0.5, 0.6) is 28.7 Å². The van der Waals surface area contributed by atoms with Gasteiger partial charge in [0.1, 0.15) is 56.6 Å². The predicted molar refractivity (Wildman–Crippen MR) is 188 cm³/mol. The molecule has 5 N–H and O–H groups in total. The maximum atomic E-state index is 13.8. The highest BCUT2D eigenvalue weighted by Crippen LogP contribution is 2.35. The molecule has 0 aromatic heterocycles. The van der Waals surface area contributed by atoms with Gasteiger partial charge in [0.2, 0.25) is 24.8 Å². The molecule has 0 saturated carbocycles. The van der Waals surface area contributed by atoms with Gasteiger partial charge in [-0.15, -0.1) is 0 Å². The van der Waals surface area contributed by atoms with Crippen molar-refractivity contribution in [1.82, 2.24) is 0 Å². The van der Waals surface area contributed by atoms with Crippen LogP contribution >= 0.6 is 0 Å². The van der Waals surface area contributed by atoms with Crippen molar-refractivity contribution in [3.63, 3.8) is 0 Å². The molecule has 0 amide bonds. The maximum Gasteiger partial charge on any atom is 0.344 e. The zero-order chi connectivity index (χ0) is 39.9. The second-order valence-electron chi connectivity index (χ2n) is 11.9. The van der Waals surface area contributed by atoms with Crippen LogP contribution in [0.2, 0.25) is 0 Å². The number of carbonyl (C=O) groups is 5. The van der Waals surface area contributed by atoms with E-state index in [0.717, 1.165) is 36.4 Å². The summed E-state index contributed by atoms with van der Waals surface area (Å²) in [6.45, 7) is 0. The van der Waals surface area contributed by atoms with Gasteiger partial charge in [-0.25, -0.2) is 24.0 Å². The maximum absolute atomic E-state index is 13.8. The third kappa shape index (κ3) is 8.30. The molecule has 4 unspecified atom stereocenters. The van der Waals surface area contributed by atoms with Crippen molar-refractivity contribution in [2.45, 2.75) is 30.9 Å². The average Bonchev–Trinajstić information content (AvgIpc) is 3.18. The van der Waals surface area contributed by atoms with Gasteiger partial charge in [0, 0.05) is 0 Å². The molecule has 0 spiro atoms. The molecule has 56 heavy (non-hydrogen) atoms. The van der Waals surface area contributed by atoms with E-state index < -0.39 is 117 Å². The molecule has 5 aromatic carbocycles. The highest BCUT2D eigenvalue weighted by atomic mass is 16.8. The summed E-state index contributed by atoms with van der Waals surface area (Å²) in [5.41, 5.74) is -2.14. The van der Waals surface area contributed by atoms with E-state index in [9.17, 15) is 49.5 Å². The Bertz CT molecular complexity index is 2160. The summed E-state index contributed by atoms with van der Waals surface area (Å²) in [6.07, 6.45) is -11.0. The number of para-hydroxylation sites is 5. The summed E-state index contributed by atoms with van der Waals surface area (Å²) in [7, 11) is 0. The minimum Gasteiger partial charge on any atom is -0.507 e. The number of phenols is 5. The fraction of sp³-hybridized carbons (Fsp3) is 0.125. The molecular formula is C40H30O16. The van der Waals surface area contributed by atoms with Crippen LogP contribution in [-0.2, 0) is 28.4 Å². The summed E-state index contributed by atoms with van der Waals surface area (Å²) >= 11 is 0. The molecule has 1 aliphatic heterocycles. The molecule has 0 aliphatic carbocycles. The third-order valence-electron chi connectivity index (χ3n) is 8.25. The van der Waals surface area contributed by atoms with Gasteiger partial charge in [-0.1, -0.05) is 60.7 Å². The number of benzene rings is 5. The van der Waals surface area contributed by atoms with Crippen LogP contribution in [0, 0.1) is 0 Å². The topological polar surface area (TPSA) is 242 Å². The van der Waals surface area contributed by atoms with Crippen LogP contribution < -0.4 is 0 Å². The standard InChI is InChI=1S/C40H30O16/c41-26-16-6-1-11-21(26)34(46)51-31-32(52-35(47)22-12-2-7-17-27(22)42)39(54-37(49)24-14-4-9-19-29(24)44)56-40(55-38(50)25-15-5-10-20-30(25)45)33(31)53-36(48)23-13-3-8-18-28(23)43/h1-20,31-33,39-45H. The Hall–Kier alpha value is -7.59. The summed E-state index contributed by atoms with van der Waals surface area (Å²) in [5.74, 6) is -9.30. The summed E-state index contributed by atoms with van der Waals surface area (Å²) in [5, 5.41) is 52.2. The normalized spacial score (nSPS) is 18.8. The van der Waals surface area contributed by atoms with Crippen LogP contribution in [0.4, 0.5) is 0 Å². The fourth-order valence-corrected chi connectivity index (χ4v) is 5.48. The molecule has 1 heterocycles. The van der Waals surface area contributed by atoms with E-state index in [1.54, 1.807) is 0 Å². The van der Waals surface area contributed by atoms with Crippen LogP contribution in [0.1, 0.15) is 51.8 Å². The number of esters is 5. The average molecular weight is 767 g/mol. The van der Waals surface area contributed by atoms with Crippen molar-refractivity contribution >= 4 is 29.8 Å². The van der Waals surface area contributed by atoms with E-state index in [0.29, 0.717) is 0 Å². The molecule has 6 rings (SSSR count). The van der Waals surface area contributed by atoms with E-state index in [1.165, 1.54) is 84.9 Å². The third-order valence-corrected chi connectivity index (χ3v) is 8.25. The summed E-state index contributed by atoms with van der Waals surface area (Å²) in [4.78, 5) is 68.2. The number of phenolic OH excluding ortho intramolecular Hbond substituents is 5. The van der Waals surface area contributed by atoms with E-state index in [-0.39, 0.29) is 0 Å². The second kappa shape index (κ2) is 16.6. The van der Waals surface area contributed by atoms with E-state index in [4.69, 9.17) is 28.4 Å². The van der Waals surface area contributed by atoms with Crippen LogP contribution in [0.25, 0.3) is 0 Å². The number of carbonyl (C=O) groups excluding carboxylic acids is 5. The van der Waals surface area contributed by atoms with Gasteiger partial charge in [0.05, 0.1) is 0 Å². The van der Waals surface area contributed by atoms with Gasteiger partial charge >= 0.3 is 29.8 Å². The van der Waals surface area contributed by atoms with Gasteiger partial charge in [-0.05, 0) is 60.7 Å². The highest BCUT2D eigenvalue weighted by molar-refractivity contribution is 5.95. The number of rotatable bonds is 10. The molecule has 1 saturated heterocycles. The lowest BCUT2D eigenvalue weighted by Crippen LogP contribution is -2.63. The van der Waals surface area contributed by atoms with Crippen LogP contribution in [0.3, 0.4) is 0 Å². The Balaban J connectivity index is 1.50. The molecule has 0 radical (unpaired) electrons. The summed E-state index contributed by atoms with van der Waals surface area (Å²) < 4.78 is 34.1. The van der Waals surface area contributed by atoms with Crippen LogP contribution in [-0.4, -0.2) is 86.3 Å². The van der Waals surface area contributed by atoms with Gasteiger partial charge < -0.3 is 49.2 Å².